The molecule has 3 aromatic rings. The summed E-state index contributed by atoms with van der Waals surface area (Å²) in [5.74, 6) is 0.0533. The van der Waals surface area contributed by atoms with E-state index in [1.807, 2.05) is 49.6 Å². The van der Waals surface area contributed by atoms with Crippen LogP contribution in [0.1, 0.15) is 40.4 Å². The average Bonchev–Trinajstić information content (AvgIpc) is 3.15. The first-order chi connectivity index (χ1) is 16.2. The fourth-order valence-electron chi connectivity index (χ4n) is 3.37. The Hall–Kier alpha value is -3.08. The minimum absolute atomic E-state index is 0.131. The maximum absolute atomic E-state index is 12.5. The minimum atomic E-state index is -1.01. The number of nitrogens with zero attached hydrogens (tertiary/aromatic N) is 3. The van der Waals surface area contributed by atoms with Gasteiger partial charge in [-0.3, -0.25) is 9.59 Å². The van der Waals surface area contributed by atoms with Crippen molar-refractivity contribution in [1.29, 1.82) is 0 Å². The number of hydrogen-bond acceptors (Lipinski definition) is 7. The number of methoxy groups -OCH3 is 1. The van der Waals surface area contributed by atoms with E-state index in [4.69, 9.17) is 14.5 Å². The van der Waals surface area contributed by atoms with E-state index >= 15 is 0 Å². The lowest BCUT2D eigenvalue weighted by molar-refractivity contribution is -0.127. The lowest BCUT2D eigenvalue weighted by Gasteiger charge is -2.20. The number of pyridine rings is 1. The van der Waals surface area contributed by atoms with Crippen LogP contribution in [0.5, 0.6) is 0 Å². The van der Waals surface area contributed by atoms with Crippen molar-refractivity contribution in [1.82, 2.24) is 19.9 Å². The Kier molecular flexibility index (Phi) is 9.91. The minimum Gasteiger partial charge on any atom is -0.389 e. The number of aliphatic hydroxyl groups is 1. The molecule has 0 fully saturated rings. The number of carbonyl (C=O) groups is 2. The Bertz CT molecular complexity index is 1120. The number of fused-ring (bicyclic) bond motifs is 3. The summed E-state index contributed by atoms with van der Waals surface area (Å²) < 4.78 is 12.2. The Morgan fingerprint density at radius 2 is 1.85 bits per heavy atom. The number of carbonyl (C=O) groups excluding carboxylic acids is 2. The average molecular weight is 474 g/mol. The molecule has 0 aliphatic carbocycles. The summed E-state index contributed by atoms with van der Waals surface area (Å²) in [5.41, 5.74) is 0.887. The molecule has 34 heavy (non-hydrogen) atoms. The van der Waals surface area contributed by atoms with E-state index in [1.165, 1.54) is 7.11 Å². The molecule has 3 rings (SSSR count). The summed E-state index contributed by atoms with van der Waals surface area (Å²) in [4.78, 5) is 33.4. The number of ether oxygens (including phenoxy) is 2. The highest BCUT2D eigenvalue weighted by molar-refractivity contribution is 6.10. The van der Waals surface area contributed by atoms with Gasteiger partial charge in [-0.25, -0.2) is 9.97 Å². The number of imidazole rings is 1. The molecule has 2 aromatic heterocycles. The van der Waals surface area contributed by atoms with Gasteiger partial charge in [0.2, 0.25) is 11.8 Å². The number of nitrogens with one attached hydrogen (secondary N) is 2. The van der Waals surface area contributed by atoms with Crippen molar-refractivity contribution in [3.05, 3.63) is 30.1 Å². The van der Waals surface area contributed by atoms with E-state index in [0.29, 0.717) is 23.5 Å². The fourth-order valence-corrected chi connectivity index (χ4v) is 3.37. The summed E-state index contributed by atoms with van der Waals surface area (Å²) in [7, 11) is 1.40. The number of amides is 2. The molecule has 2 amide bonds. The number of para-hydroxylation sites is 1. The lowest BCUT2D eigenvalue weighted by atomic mass is 10.1. The van der Waals surface area contributed by atoms with Crippen LogP contribution in [0.25, 0.3) is 21.9 Å². The zero-order chi connectivity index (χ0) is 25.3. The van der Waals surface area contributed by atoms with Crippen LogP contribution in [-0.4, -0.2) is 63.9 Å². The number of rotatable bonds is 10. The van der Waals surface area contributed by atoms with Gasteiger partial charge in [0.05, 0.1) is 29.7 Å². The second-order valence-corrected chi connectivity index (χ2v) is 8.00. The third-order valence-corrected chi connectivity index (χ3v) is 4.62. The zero-order valence-corrected chi connectivity index (χ0v) is 20.8. The molecule has 1 aromatic carbocycles. The van der Waals surface area contributed by atoms with Crippen LogP contribution in [0.15, 0.2) is 24.3 Å². The maximum atomic E-state index is 12.5. The molecule has 0 unspecified atom stereocenters. The maximum Gasteiger partial charge on any atom is 0.246 e. The van der Waals surface area contributed by atoms with Gasteiger partial charge in [-0.1, -0.05) is 32.0 Å². The summed E-state index contributed by atoms with van der Waals surface area (Å²) in [5, 5.41) is 16.6. The van der Waals surface area contributed by atoms with Gasteiger partial charge in [0.25, 0.3) is 0 Å². The molecule has 0 bridgehead atoms. The quantitative estimate of drug-likeness (QED) is 0.413. The zero-order valence-electron chi connectivity index (χ0n) is 20.8. The normalized spacial score (nSPS) is 11.3. The highest BCUT2D eigenvalue weighted by Crippen LogP contribution is 2.31. The van der Waals surface area contributed by atoms with E-state index < -0.39 is 17.4 Å². The molecule has 0 atom stereocenters. The Morgan fingerprint density at radius 1 is 1.15 bits per heavy atom. The van der Waals surface area contributed by atoms with Crippen LogP contribution < -0.4 is 10.6 Å². The van der Waals surface area contributed by atoms with Gasteiger partial charge in [-0.2, -0.15) is 0 Å². The predicted molar refractivity (Wildman–Crippen MR) is 132 cm³/mol. The molecular weight excluding hydrogens is 438 g/mol. The second kappa shape index (κ2) is 12.4. The monoisotopic (exact) mass is 473 g/mol. The summed E-state index contributed by atoms with van der Waals surface area (Å²) in [6.45, 7) is 10.0. The van der Waals surface area contributed by atoms with E-state index in [1.54, 1.807) is 13.8 Å². The van der Waals surface area contributed by atoms with Crippen molar-refractivity contribution in [3.63, 3.8) is 0 Å². The number of aromatic nitrogens is 3. The first-order valence-electron chi connectivity index (χ1n) is 11.4. The number of benzene rings is 1. The third kappa shape index (κ3) is 6.96. The fraction of sp³-hybridized carbons (Fsp3) is 0.500. The van der Waals surface area contributed by atoms with E-state index in [2.05, 4.69) is 15.6 Å². The van der Waals surface area contributed by atoms with Gasteiger partial charge in [0.1, 0.15) is 24.6 Å². The van der Waals surface area contributed by atoms with Crippen LogP contribution in [0.3, 0.4) is 0 Å². The van der Waals surface area contributed by atoms with Gasteiger partial charge < -0.3 is 29.8 Å². The molecule has 3 N–H and O–H groups in total. The van der Waals surface area contributed by atoms with Gasteiger partial charge in [-0.15, -0.1) is 0 Å². The van der Waals surface area contributed by atoms with Gasteiger partial charge in [0.15, 0.2) is 5.82 Å². The highest BCUT2D eigenvalue weighted by Gasteiger charge is 2.23. The van der Waals surface area contributed by atoms with Crippen LogP contribution in [0.2, 0.25) is 0 Å². The third-order valence-electron chi connectivity index (χ3n) is 4.62. The van der Waals surface area contributed by atoms with Crippen molar-refractivity contribution in [2.45, 2.75) is 53.4 Å². The Morgan fingerprint density at radius 3 is 2.50 bits per heavy atom. The van der Waals surface area contributed by atoms with Crippen LogP contribution in [0, 0.1) is 0 Å². The number of anilines is 1. The Labute approximate surface area is 199 Å². The predicted octanol–water partition coefficient (Wildman–Crippen LogP) is 2.62. The van der Waals surface area contributed by atoms with Crippen LogP contribution >= 0.6 is 0 Å². The van der Waals surface area contributed by atoms with Crippen molar-refractivity contribution in [3.8, 4) is 0 Å². The molecule has 10 heteroatoms. The molecule has 0 radical (unpaired) electrons. The van der Waals surface area contributed by atoms with E-state index in [9.17, 15) is 14.7 Å². The molecule has 0 aliphatic rings. The molecular formula is C24H35N5O5. The summed E-state index contributed by atoms with van der Waals surface area (Å²) >= 11 is 0. The van der Waals surface area contributed by atoms with E-state index in [0.717, 1.165) is 10.9 Å². The van der Waals surface area contributed by atoms with Crippen molar-refractivity contribution < 1.29 is 24.2 Å². The molecule has 0 saturated carbocycles. The van der Waals surface area contributed by atoms with Crippen LogP contribution in [0.4, 0.5) is 5.82 Å². The molecule has 2 heterocycles. The topological polar surface area (TPSA) is 128 Å². The second-order valence-electron chi connectivity index (χ2n) is 8.00. The molecule has 0 saturated heterocycles. The largest absolute Gasteiger partial charge is 0.389 e. The van der Waals surface area contributed by atoms with Crippen LogP contribution in [-0.2, 0) is 32.2 Å². The van der Waals surface area contributed by atoms with E-state index in [-0.39, 0.29) is 32.1 Å². The van der Waals surface area contributed by atoms with Crippen molar-refractivity contribution in [2.75, 3.05) is 32.2 Å². The number of hydrogen-bond donors (Lipinski definition) is 3. The summed E-state index contributed by atoms with van der Waals surface area (Å²) in [6.07, 6.45) is 0. The standard InChI is InChI=1S/C22H29N5O5.C2H6/c1-5-32-11-16-25-19-20(27(16)13-22(2,3)30)14-8-6-7-9-15(14)24-21(19)26-17(28)10-23-18(29)12-31-4;1-2/h6-9,30H,5,10-13H2,1-4H3,(H,23,29)(H,24,26,28);1-2H3. The van der Waals surface area contributed by atoms with Crippen molar-refractivity contribution in [2.24, 2.45) is 0 Å². The molecule has 186 valence electrons. The van der Waals surface area contributed by atoms with Gasteiger partial charge in [-0.05, 0) is 26.8 Å². The first kappa shape index (κ1) is 27.2. The van der Waals surface area contributed by atoms with Crippen molar-refractivity contribution >= 4 is 39.6 Å². The first-order valence-corrected chi connectivity index (χ1v) is 11.4. The molecule has 10 nitrogen and oxygen atoms in total. The SMILES string of the molecule is CC.CCOCc1nc2c(NC(=O)CNC(=O)COC)nc3ccccc3c2n1CC(C)(C)O. The lowest BCUT2D eigenvalue weighted by Crippen LogP contribution is -2.35. The Balaban J connectivity index is 0.00000199. The highest BCUT2D eigenvalue weighted by atomic mass is 16.5. The van der Waals surface area contributed by atoms with Gasteiger partial charge >= 0.3 is 0 Å². The molecule has 0 aliphatic heterocycles. The smallest absolute Gasteiger partial charge is 0.246 e. The summed E-state index contributed by atoms with van der Waals surface area (Å²) in [6, 6.07) is 7.52. The molecule has 0 spiro atoms. The van der Waals surface area contributed by atoms with Gasteiger partial charge in [0, 0.05) is 19.1 Å².